The fraction of sp³-hybridized carbons (Fsp3) is 0.600. The summed E-state index contributed by atoms with van der Waals surface area (Å²) < 4.78 is 1.61. The van der Waals surface area contributed by atoms with Gasteiger partial charge in [-0.1, -0.05) is 19.3 Å². The molecule has 1 heterocycles. The van der Waals surface area contributed by atoms with Crippen LogP contribution in [0.5, 0.6) is 0 Å². The van der Waals surface area contributed by atoms with Gasteiger partial charge in [0.15, 0.2) is 0 Å². The van der Waals surface area contributed by atoms with Gasteiger partial charge in [-0.2, -0.15) is 5.26 Å². The van der Waals surface area contributed by atoms with E-state index in [-0.39, 0.29) is 11.6 Å². The highest BCUT2D eigenvalue weighted by atomic mass is 16.1. The van der Waals surface area contributed by atoms with Gasteiger partial charge >= 0.3 is 0 Å². The minimum atomic E-state index is -0.0755. The molecule has 0 amide bonds. The summed E-state index contributed by atoms with van der Waals surface area (Å²) in [6.07, 6.45) is 5.71. The van der Waals surface area contributed by atoms with Crippen molar-refractivity contribution in [2.45, 2.75) is 38.1 Å². The number of nitrogens with zero attached hydrogens (tertiary/aromatic N) is 2. The number of nitrogens with one attached hydrogen (secondary N) is 1. The highest BCUT2D eigenvalue weighted by molar-refractivity contribution is 5.17. The van der Waals surface area contributed by atoms with Gasteiger partial charge in [-0.05, 0) is 12.8 Å². The smallest absolute Gasteiger partial charge is 0.268 e. The van der Waals surface area contributed by atoms with Crippen LogP contribution in [0.2, 0.25) is 0 Å². The summed E-state index contributed by atoms with van der Waals surface area (Å²) in [5.74, 6) is 0. The molecule has 0 spiro atoms. The Morgan fingerprint density at radius 2 is 2.14 bits per heavy atom. The summed E-state index contributed by atoms with van der Waals surface area (Å²) in [6, 6.07) is 3.60. The monoisotopic (exact) mass is 191 g/mol. The lowest BCUT2D eigenvalue weighted by Gasteiger charge is -2.21. The highest BCUT2D eigenvalue weighted by Crippen LogP contribution is 2.26. The zero-order valence-corrected chi connectivity index (χ0v) is 7.99. The summed E-state index contributed by atoms with van der Waals surface area (Å²) in [7, 11) is 0. The van der Waals surface area contributed by atoms with Gasteiger partial charge in [-0.3, -0.25) is 9.89 Å². The number of hydrogen-bond donors (Lipinski definition) is 1. The van der Waals surface area contributed by atoms with Crippen molar-refractivity contribution >= 4 is 0 Å². The molecular weight excluding hydrogens is 178 g/mol. The van der Waals surface area contributed by atoms with Crippen molar-refractivity contribution in [3.8, 4) is 6.07 Å². The van der Waals surface area contributed by atoms with Crippen molar-refractivity contribution in [2.75, 3.05) is 0 Å². The molecule has 4 heteroatoms. The minimum absolute atomic E-state index is 0.0755. The van der Waals surface area contributed by atoms with Gasteiger partial charge in [0.1, 0.15) is 11.8 Å². The molecule has 0 unspecified atom stereocenters. The topological polar surface area (TPSA) is 61.6 Å². The first-order chi connectivity index (χ1) is 6.81. The quantitative estimate of drug-likeness (QED) is 0.732. The molecule has 0 bridgehead atoms. The Kier molecular flexibility index (Phi) is 2.40. The number of rotatable bonds is 1. The summed E-state index contributed by atoms with van der Waals surface area (Å²) in [5, 5.41) is 11.5. The van der Waals surface area contributed by atoms with Crippen LogP contribution in [0.15, 0.2) is 10.9 Å². The van der Waals surface area contributed by atoms with Gasteiger partial charge in [0.2, 0.25) is 0 Å². The summed E-state index contributed by atoms with van der Waals surface area (Å²) >= 11 is 0. The second kappa shape index (κ2) is 3.70. The molecule has 1 aliphatic carbocycles. The zero-order valence-electron chi connectivity index (χ0n) is 7.99. The molecule has 1 saturated carbocycles. The van der Waals surface area contributed by atoms with E-state index in [0.29, 0.717) is 5.69 Å². The molecule has 1 aromatic heterocycles. The molecule has 1 aliphatic rings. The molecule has 0 saturated heterocycles. The van der Waals surface area contributed by atoms with Gasteiger partial charge in [0.05, 0.1) is 6.04 Å². The fourth-order valence-electron chi connectivity index (χ4n) is 2.08. The van der Waals surface area contributed by atoms with Crippen LogP contribution in [0.4, 0.5) is 0 Å². The molecule has 0 aliphatic heterocycles. The highest BCUT2D eigenvalue weighted by Gasteiger charge is 2.17. The van der Waals surface area contributed by atoms with Crippen LogP contribution >= 0.6 is 0 Å². The Bertz CT molecular complexity index is 404. The van der Waals surface area contributed by atoms with Crippen molar-refractivity contribution in [3.63, 3.8) is 0 Å². The van der Waals surface area contributed by atoms with Crippen LogP contribution in [0.25, 0.3) is 0 Å². The van der Waals surface area contributed by atoms with E-state index in [4.69, 9.17) is 5.26 Å². The molecule has 74 valence electrons. The molecule has 1 aromatic rings. The third-order valence-electron chi connectivity index (χ3n) is 2.81. The predicted octanol–water partition coefficient (Wildman–Crippen LogP) is 1.55. The summed E-state index contributed by atoms with van der Waals surface area (Å²) in [5.41, 5.74) is 0.286. The summed E-state index contributed by atoms with van der Waals surface area (Å²) in [4.78, 5) is 11.5. The van der Waals surface area contributed by atoms with E-state index in [1.165, 1.54) is 25.3 Å². The van der Waals surface area contributed by atoms with E-state index in [2.05, 4.69) is 5.10 Å². The van der Waals surface area contributed by atoms with Gasteiger partial charge < -0.3 is 0 Å². The van der Waals surface area contributed by atoms with Crippen molar-refractivity contribution in [3.05, 3.63) is 22.1 Å². The van der Waals surface area contributed by atoms with E-state index < -0.39 is 0 Å². The van der Waals surface area contributed by atoms with E-state index in [0.717, 1.165) is 12.8 Å². The largest absolute Gasteiger partial charge is 0.285 e. The molecule has 0 aromatic carbocycles. The van der Waals surface area contributed by atoms with E-state index in [1.807, 2.05) is 6.07 Å². The number of aromatic nitrogens is 2. The van der Waals surface area contributed by atoms with Crippen molar-refractivity contribution in [1.82, 2.24) is 9.78 Å². The standard InChI is InChI=1S/C10H13N3O/c11-7-8-6-10(14)13(12-8)9-4-2-1-3-5-9/h6,9,12H,1-5H2. The van der Waals surface area contributed by atoms with Gasteiger partial charge in [-0.15, -0.1) is 0 Å². The first-order valence-corrected chi connectivity index (χ1v) is 5.03. The van der Waals surface area contributed by atoms with Crippen LogP contribution in [0, 0.1) is 11.3 Å². The van der Waals surface area contributed by atoms with E-state index in [9.17, 15) is 4.79 Å². The Hall–Kier alpha value is -1.50. The predicted molar refractivity (Wildman–Crippen MR) is 51.9 cm³/mol. The summed E-state index contributed by atoms with van der Waals surface area (Å²) in [6.45, 7) is 0. The number of aromatic amines is 1. The zero-order chi connectivity index (χ0) is 9.97. The van der Waals surface area contributed by atoms with Gasteiger partial charge in [0.25, 0.3) is 5.56 Å². The van der Waals surface area contributed by atoms with Crippen LogP contribution in [0.3, 0.4) is 0 Å². The maximum Gasteiger partial charge on any atom is 0.268 e. The van der Waals surface area contributed by atoms with Crippen LogP contribution < -0.4 is 5.56 Å². The van der Waals surface area contributed by atoms with E-state index >= 15 is 0 Å². The maximum atomic E-state index is 11.5. The third kappa shape index (κ3) is 1.58. The molecule has 1 fully saturated rings. The lowest BCUT2D eigenvalue weighted by molar-refractivity contribution is 0.323. The Morgan fingerprint density at radius 3 is 2.71 bits per heavy atom. The SMILES string of the molecule is N#Cc1cc(=O)n(C2CCCCC2)[nH]1. The maximum absolute atomic E-state index is 11.5. The number of H-pyrrole nitrogens is 1. The lowest BCUT2D eigenvalue weighted by Crippen LogP contribution is -2.23. The second-order valence-corrected chi connectivity index (χ2v) is 3.78. The van der Waals surface area contributed by atoms with Crippen molar-refractivity contribution in [1.29, 1.82) is 5.26 Å². The first-order valence-electron chi connectivity index (χ1n) is 5.03. The molecule has 2 rings (SSSR count). The molecule has 0 atom stereocenters. The van der Waals surface area contributed by atoms with E-state index in [1.54, 1.807) is 4.68 Å². The second-order valence-electron chi connectivity index (χ2n) is 3.78. The van der Waals surface area contributed by atoms with Crippen molar-refractivity contribution in [2.24, 2.45) is 0 Å². The molecular formula is C10H13N3O. The Labute approximate surface area is 82.1 Å². The minimum Gasteiger partial charge on any atom is -0.285 e. The van der Waals surface area contributed by atoms with Gasteiger partial charge in [-0.25, -0.2) is 4.68 Å². The molecule has 4 nitrogen and oxygen atoms in total. The first kappa shape index (κ1) is 9.07. The Balaban J connectivity index is 2.27. The van der Waals surface area contributed by atoms with Gasteiger partial charge in [0, 0.05) is 6.07 Å². The van der Waals surface area contributed by atoms with Crippen LogP contribution in [0.1, 0.15) is 43.8 Å². The van der Waals surface area contributed by atoms with Crippen molar-refractivity contribution < 1.29 is 0 Å². The normalized spacial score (nSPS) is 17.9. The van der Waals surface area contributed by atoms with Crippen LogP contribution in [-0.2, 0) is 0 Å². The third-order valence-corrected chi connectivity index (χ3v) is 2.81. The average Bonchev–Trinajstić information content (AvgIpc) is 2.61. The van der Waals surface area contributed by atoms with Crippen LogP contribution in [-0.4, -0.2) is 9.78 Å². The average molecular weight is 191 g/mol. The molecule has 14 heavy (non-hydrogen) atoms. The lowest BCUT2D eigenvalue weighted by atomic mass is 9.96. The molecule has 0 radical (unpaired) electrons. The Morgan fingerprint density at radius 1 is 1.43 bits per heavy atom. The number of nitriles is 1. The number of hydrogen-bond acceptors (Lipinski definition) is 2. The fourth-order valence-corrected chi connectivity index (χ4v) is 2.08. The molecule has 1 N–H and O–H groups in total.